The molecule has 1 aliphatic rings. The number of methoxy groups -OCH3 is 1. The number of hydrogen-bond acceptors (Lipinski definition) is 3. The minimum Gasteiger partial charge on any atom is -0.508 e. The van der Waals surface area contributed by atoms with Gasteiger partial charge in [0.05, 0.1) is 7.11 Å². The zero-order valence-corrected chi connectivity index (χ0v) is 16.9. The van der Waals surface area contributed by atoms with Crippen LogP contribution >= 0.6 is 24.0 Å². The maximum absolute atomic E-state index is 10.0. The van der Waals surface area contributed by atoms with E-state index in [0.717, 1.165) is 36.8 Å². The summed E-state index contributed by atoms with van der Waals surface area (Å²) in [4.78, 5) is 6.63. The number of nitrogens with zero attached hydrogens (tertiary/aromatic N) is 2. The number of rotatable bonds is 3. The van der Waals surface area contributed by atoms with Crippen molar-refractivity contribution in [3.8, 4) is 11.5 Å². The Morgan fingerprint density at radius 1 is 1.24 bits per heavy atom. The summed E-state index contributed by atoms with van der Waals surface area (Å²) in [5, 5.41) is 13.3. The average Bonchev–Trinajstić information content (AvgIpc) is 2.63. The van der Waals surface area contributed by atoms with Gasteiger partial charge in [-0.25, -0.2) is 0 Å². The highest BCUT2D eigenvalue weighted by molar-refractivity contribution is 14.0. The molecular weight excluding hydrogens is 429 g/mol. The number of nitrogens with one attached hydrogen (secondary N) is 1. The first-order valence-corrected chi connectivity index (χ1v) is 8.09. The largest absolute Gasteiger partial charge is 0.508 e. The first-order valence-electron chi connectivity index (χ1n) is 8.09. The molecule has 6 heteroatoms. The lowest BCUT2D eigenvalue weighted by molar-refractivity contribution is 0.377. The highest BCUT2D eigenvalue weighted by Crippen LogP contribution is 2.23. The zero-order valence-electron chi connectivity index (χ0n) is 14.5. The second-order valence-corrected chi connectivity index (χ2v) is 5.84. The third-order valence-electron chi connectivity index (χ3n) is 4.37. The summed E-state index contributed by atoms with van der Waals surface area (Å²) in [6, 6.07) is 13.8. The van der Waals surface area contributed by atoms with E-state index < -0.39 is 0 Å². The lowest BCUT2D eigenvalue weighted by Crippen LogP contribution is -2.43. The van der Waals surface area contributed by atoms with Gasteiger partial charge in [-0.1, -0.05) is 24.3 Å². The van der Waals surface area contributed by atoms with Gasteiger partial charge < -0.3 is 20.1 Å². The fraction of sp³-hybridized carbons (Fsp3) is 0.316. The van der Waals surface area contributed by atoms with Gasteiger partial charge in [0.2, 0.25) is 0 Å². The number of aromatic hydroxyl groups is 1. The number of ether oxygens (including phenoxy) is 1. The fourth-order valence-electron chi connectivity index (χ4n) is 3.01. The Bertz CT molecular complexity index is 749. The molecule has 0 amide bonds. The molecule has 0 saturated heterocycles. The van der Waals surface area contributed by atoms with Crippen LogP contribution in [0.4, 0.5) is 0 Å². The molecule has 2 aromatic rings. The van der Waals surface area contributed by atoms with Crippen LogP contribution in [0.15, 0.2) is 47.5 Å². The molecule has 5 nitrogen and oxygen atoms in total. The Kier molecular flexibility index (Phi) is 6.92. The number of halogens is 1. The van der Waals surface area contributed by atoms with E-state index in [-0.39, 0.29) is 29.7 Å². The summed E-state index contributed by atoms with van der Waals surface area (Å²) in [6.07, 6.45) is 1.02. The highest BCUT2D eigenvalue weighted by atomic mass is 127. The molecule has 0 saturated carbocycles. The van der Waals surface area contributed by atoms with Gasteiger partial charge in [-0.05, 0) is 35.7 Å². The van der Waals surface area contributed by atoms with Crippen molar-refractivity contribution >= 4 is 29.9 Å². The van der Waals surface area contributed by atoms with Crippen LogP contribution in [0.2, 0.25) is 0 Å². The van der Waals surface area contributed by atoms with Crippen LogP contribution in [0.5, 0.6) is 11.5 Å². The Hall–Kier alpha value is -1.96. The van der Waals surface area contributed by atoms with E-state index in [2.05, 4.69) is 39.5 Å². The van der Waals surface area contributed by atoms with Gasteiger partial charge >= 0.3 is 0 Å². The SMILES string of the molecule is CN=C(NCc1cc(OC)ccc1O)N1CCc2ccccc2C1.I. The molecule has 0 spiro atoms. The van der Waals surface area contributed by atoms with Gasteiger partial charge in [0.25, 0.3) is 0 Å². The molecule has 0 aromatic heterocycles. The molecule has 3 rings (SSSR count). The number of hydrogen-bond donors (Lipinski definition) is 2. The van der Waals surface area contributed by atoms with E-state index in [1.54, 1.807) is 26.3 Å². The van der Waals surface area contributed by atoms with Crippen molar-refractivity contribution < 1.29 is 9.84 Å². The summed E-state index contributed by atoms with van der Waals surface area (Å²) < 4.78 is 5.22. The smallest absolute Gasteiger partial charge is 0.194 e. The van der Waals surface area contributed by atoms with Crippen molar-refractivity contribution in [2.75, 3.05) is 20.7 Å². The van der Waals surface area contributed by atoms with Crippen molar-refractivity contribution in [2.24, 2.45) is 4.99 Å². The molecular formula is C19H24IN3O2. The Morgan fingerprint density at radius 2 is 2.00 bits per heavy atom. The van der Waals surface area contributed by atoms with Gasteiger partial charge in [-0.2, -0.15) is 0 Å². The van der Waals surface area contributed by atoms with Crippen molar-refractivity contribution in [1.82, 2.24) is 10.2 Å². The summed E-state index contributed by atoms with van der Waals surface area (Å²) >= 11 is 0. The van der Waals surface area contributed by atoms with Crippen LogP contribution in [0.1, 0.15) is 16.7 Å². The van der Waals surface area contributed by atoms with Gasteiger partial charge in [0.1, 0.15) is 11.5 Å². The second kappa shape index (κ2) is 8.94. The molecule has 0 bridgehead atoms. The van der Waals surface area contributed by atoms with Crippen LogP contribution in [-0.2, 0) is 19.5 Å². The van der Waals surface area contributed by atoms with E-state index >= 15 is 0 Å². The zero-order chi connectivity index (χ0) is 16.9. The first kappa shape index (κ1) is 19.4. The third-order valence-corrected chi connectivity index (χ3v) is 4.37. The van der Waals surface area contributed by atoms with E-state index in [9.17, 15) is 5.11 Å². The fourth-order valence-corrected chi connectivity index (χ4v) is 3.01. The van der Waals surface area contributed by atoms with Crippen LogP contribution in [-0.4, -0.2) is 36.7 Å². The summed E-state index contributed by atoms with van der Waals surface area (Å²) in [6.45, 7) is 2.27. The average molecular weight is 453 g/mol. The molecule has 25 heavy (non-hydrogen) atoms. The molecule has 2 aromatic carbocycles. The standard InChI is InChI=1S/C19H23N3O2.HI/c1-20-19(21-12-16-11-17(24-2)7-8-18(16)23)22-10-9-14-5-3-4-6-15(14)13-22;/h3-8,11,23H,9-10,12-13H2,1-2H3,(H,20,21);1H. The predicted molar refractivity (Wildman–Crippen MR) is 111 cm³/mol. The number of aliphatic imine (C=N–C) groups is 1. The molecule has 0 radical (unpaired) electrons. The molecule has 0 fully saturated rings. The first-order chi connectivity index (χ1) is 11.7. The molecule has 1 aliphatic heterocycles. The minimum atomic E-state index is 0. The van der Waals surface area contributed by atoms with Gasteiger partial charge in [-0.3, -0.25) is 4.99 Å². The lowest BCUT2D eigenvalue weighted by Gasteiger charge is -2.31. The maximum atomic E-state index is 10.0. The molecule has 0 unspecified atom stereocenters. The monoisotopic (exact) mass is 453 g/mol. The number of fused-ring (bicyclic) bond motifs is 1. The van der Waals surface area contributed by atoms with E-state index in [1.807, 2.05) is 6.07 Å². The molecule has 1 heterocycles. The quantitative estimate of drug-likeness (QED) is 0.426. The van der Waals surface area contributed by atoms with Crippen molar-refractivity contribution in [3.05, 3.63) is 59.2 Å². The van der Waals surface area contributed by atoms with Crippen LogP contribution in [0, 0.1) is 0 Å². The normalized spacial score (nSPS) is 13.7. The highest BCUT2D eigenvalue weighted by Gasteiger charge is 2.18. The van der Waals surface area contributed by atoms with Crippen LogP contribution in [0.3, 0.4) is 0 Å². The second-order valence-electron chi connectivity index (χ2n) is 5.84. The molecule has 0 aliphatic carbocycles. The minimum absolute atomic E-state index is 0. The lowest BCUT2D eigenvalue weighted by atomic mass is 10.0. The van der Waals surface area contributed by atoms with E-state index in [4.69, 9.17) is 4.74 Å². The van der Waals surface area contributed by atoms with E-state index in [1.165, 1.54) is 11.1 Å². The van der Waals surface area contributed by atoms with Crippen LogP contribution in [0.25, 0.3) is 0 Å². The summed E-state index contributed by atoms with van der Waals surface area (Å²) in [7, 11) is 3.40. The number of guanidine groups is 1. The number of phenols is 1. The van der Waals surface area contributed by atoms with Crippen molar-refractivity contribution in [1.29, 1.82) is 0 Å². The van der Waals surface area contributed by atoms with Gasteiger partial charge in [0.15, 0.2) is 5.96 Å². The molecule has 2 N–H and O–H groups in total. The van der Waals surface area contributed by atoms with E-state index in [0.29, 0.717) is 6.54 Å². The Balaban J connectivity index is 0.00000225. The van der Waals surface area contributed by atoms with Gasteiger partial charge in [-0.15, -0.1) is 24.0 Å². The summed E-state index contributed by atoms with van der Waals surface area (Å²) in [5.74, 6) is 1.82. The third kappa shape index (κ3) is 4.56. The molecule has 134 valence electrons. The molecule has 0 atom stereocenters. The van der Waals surface area contributed by atoms with Gasteiger partial charge in [0, 0.05) is 32.2 Å². The summed E-state index contributed by atoms with van der Waals surface area (Å²) in [5.41, 5.74) is 3.54. The Labute approximate surface area is 165 Å². The van der Waals surface area contributed by atoms with Crippen molar-refractivity contribution in [2.45, 2.75) is 19.5 Å². The maximum Gasteiger partial charge on any atom is 0.194 e. The van der Waals surface area contributed by atoms with Crippen LogP contribution < -0.4 is 10.1 Å². The number of benzene rings is 2. The Morgan fingerprint density at radius 3 is 2.72 bits per heavy atom. The van der Waals surface area contributed by atoms with Crippen molar-refractivity contribution in [3.63, 3.8) is 0 Å². The topological polar surface area (TPSA) is 57.1 Å². The predicted octanol–water partition coefficient (Wildman–Crippen LogP) is 3.15. The number of phenolic OH excluding ortho intramolecular Hbond substituents is 1.